The second kappa shape index (κ2) is 6.88. The van der Waals surface area contributed by atoms with Gasteiger partial charge in [-0.1, -0.05) is 20.8 Å². The van der Waals surface area contributed by atoms with Gasteiger partial charge in [-0.25, -0.2) is 0 Å². The van der Waals surface area contributed by atoms with E-state index in [-0.39, 0.29) is 29.8 Å². The zero-order valence-corrected chi connectivity index (χ0v) is 14.1. The SMILES string of the molecule is CC(C)(C)OC(=O)CC(=O)CC1NCCOC1C(C)(C)C. The molecule has 1 aliphatic rings. The Morgan fingerprint density at radius 2 is 1.81 bits per heavy atom. The molecule has 0 bridgehead atoms. The van der Waals surface area contributed by atoms with Crippen LogP contribution >= 0.6 is 0 Å². The summed E-state index contributed by atoms with van der Waals surface area (Å²) < 4.78 is 11.0. The van der Waals surface area contributed by atoms with Crippen molar-refractivity contribution in [3.8, 4) is 0 Å². The minimum atomic E-state index is -0.558. The molecule has 21 heavy (non-hydrogen) atoms. The molecule has 0 aliphatic carbocycles. The van der Waals surface area contributed by atoms with Crippen molar-refractivity contribution in [2.24, 2.45) is 5.41 Å². The van der Waals surface area contributed by atoms with Crippen molar-refractivity contribution in [1.29, 1.82) is 0 Å². The van der Waals surface area contributed by atoms with Gasteiger partial charge in [0.15, 0.2) is 0 Å². The maximum absolute atomic E-state index is 12.1. The fourth-order valence-corrected chi connectivity index (χ4v) is 2.54. The van der Waals surface area contributed by atoms with Crippen molar-refractivity contribution in [1.82, 2.24) is 5.32 Å². The van der Waals surface area contributed by atoms with Crippen LogP contribution in [-0.4, -0.2) is 42.7 Å². The van der Waals surface area contributed by atoms with Crippen LogP contribution in [0.3, 0.4) is 0 Å². The minimum Gasteiger partial charge on any atom is -0.460 e. The van der Waals surface area contributed by atoms with Gasteiger partial charge in [-0.05, 0) is 26.2 Å². The smallest absolute Gasteiger partial charge is 0.313 e. The van der Waals surface area contributed by atoms with Crippen LogP contribution in [0.5, 0.6) is 0 Å². The summed E-state index contributed by atoms with van der Waals surface area (Å²) >= 11 is 0. The van der Waals surface area contributed by atoms with Crippen LogP contribution in [0.25, 0.3) is 0 Å². The number of hydrogen-bond acceptors (Lipinski definition) is 5. The van der Waals surface area contributed by atoms with E-state index in [4.69, 9.17) is 9.47 Å². The van der Waals surface area contributed by atoms with Crippen LogP contribution in [0.15, 0.2) is 0 Å². The fraction of sp³-hybridized carbons (Fsp3) is 0.875. The Hall–Kier alpha value is -0.940. The third-order valence-corrected chi connectivity index (χ3v) is 3.23. The summed E-state index contributed by atoms with van der Waals surface area (Å²) in [6.07, 6.45) is 0.0851. The van der Waals surface area contributed by atoms with E-state index in [1.54, 1.807) is 20.8 Å². The molecule has 0 aromatic rings. The molecular weight excluding hydrogens is 270 g/mol. The standard InChI is InChI=1S/C16H29NO4/c1-15(2,3)14-12(17-7-8-20-14)9-11(18)10-13(19)21-16(4,5)6/h12,14,17H,7-10H2,1-6H3. The van der Waals surface area contributed by atoms with E-state index in [0.717, 1.165) is 6.54 Å². The van der Waals surface area contributed by atoms with Gasteiger partial charge in [-0.15, -0.1) is 0 Å². The lowest BCUT2D eigenvalue weighted by atomic mass is 9.82. The predicted molar refractivity (Wildman–Crippen MR) is 81.1 cm³/mol. The van der Waals surface area contributed by atoms with Crippen LogP contribution in [-0.2, 0) is 19.1 Å². The zero-order chi connectivity index (χ0) is 16.3. The Bertz CT molecular complexity index is 379. The van der Waals surface area contributed by atoms with Gasteiger partial charge in [-0.2, -0.15) is 0 Å². The van der Waals surface area contributed by atoms with Gasteiger partial charge in [0.05, 0.1) is 12.7 Å². The van der Waals surface area contributed by atoms with Crippen LogP contribution in [0.2, 0.25) is 0 Å². The van der Waals surface area contributed by atoms with Gasteiger partial charge >= 0.3 is 5.97 Å². The molecule has 122 valence electrons. The number of carbonyl (C=O) groups is 2. The number of ether oxygens (including phenoxy) is 2. The lowest BCUT2D eigenvalue weighted by Crippen LogP contribution is -2.54. The molecule has 0 spiro atoms. The van der Waals surface area contributed by atoms with Crippen LogP contribution in [0.1, 0.15) is 54.4 Å². The number of rotatable bonds is 4. The first-order valence-electron chi connectivity index (χ1n) is 7.57. The molecule has 1 N–H and O–H groups in total. The van der Waals surface area contributed by atoms with Gasteiger partial charge in [0.2, 0.25) is 0 Å². The normalized spacial score (nSPS) is 23.7. The van der Waals surface area contributed by atoms with E-state index in [0.29, 0.717) is 13.0 Å². The zero-order valence-electron chi connectivity index (χ0n) is 14.1. The summed E-state index contributed by atoms with van der Waals surface area (Å²) in [5, 5.41) is 3.33. The molecule has 0 aromatic carbocycles. The molecule has 5 nitrogen and oxygen atoms in total. The first kappa shape index (κ1) is 18.1. The summed E-state index contributed by atoms with van der Waals surface area (Å²) in [4.78, 5) is 23.8. The Labute approximate surface area is 127 Å². The maximum atomic E-state index is 12.1. The summed E-state index contributed by atoms with van der Waals surface area (Å²) in [5.41, 5.74) is -0.609. The number of Topliss-reactive ketones (excluding diaryl/α,β-unsaturated/α-hetero) is 1. The van der Waals surface area contributed by atoms with Crippen molar-refractivity contribution in [3.05, 3.63) is 0 Å². The molecule has 5 heteroatoms. The third kappa shape index (κ3) is 6.57. The summed E-state index contributed by atoms with van der Waals surface area (Å²) in [6, 6.07) is -0.0475. The number of hydrogen-bond donors (Lipinski definition) is 1. The van der Waals surface area contributed by atoms with Crippen molar-refractivity contribution >= 4 is 11.8 Å². The predicted octanol–water partition coefficient (Wildman–Crippen LogP) is 2.08. The number of nitrogens with one attached hydrogen (secondary N) is 1. The van der Waals surface area contributed by atoms with Crippen LogP contribution in [0.4, 0.5) is 0 Å². The van der Waals surface area contributed by atoms with E-state index >= 15 is 0 Å². The van der Waals surface area contributed by atoms with Crippen molar-refractivity contribution in [2.45, 2.75) is 72.1 Å². The molecule has 0 amide bonds. The molecule has 2 unspecified atom stereocenters. The Morgan fingerprint density at radius 1 is 1.19 bits per heavy atom. The van der Waals surface area contributed by atoms with Crippen LogP contribution in [0, 0.1) is 5.41 Å². The monoisotopic (exact) mass is 299 g/mol. The highest BCUT2D eigenvalue weighted by atomic mass is 16.6. The molecule has 1 fully saturated rings. The quantitative estimate of drug-likeness (QED) is 0.636. The average molecular weight is 299 g/mol. The van der Waals surface area contributed by atoms with E-state index in [9.17, 15) is 9.59 Å². The van der Waals surface area contributed by atoms with Gasteiger partial charge in [-0.3, -0.25) is 9.59 Å². The van der Waals surface area contributed by atoms with E-state index in [1.165, 1.54) is 0 Å². The summed E-state index contributed by atoms with van der Waals surface area (Å²) in [5.74, 6) is -0.571. The molecule has 2 atom stereocenters. The second-order valence-electron chi connectivity index (χ2n) is 7.72. The Kier molecular flexibility index (Phi) is 5.93. The second-order valence-corrected chi connectivity index (χ2v) is 7.72. The molecule has 0 aromatic heterocycles. The minimum absolute atomic E-state index is 0.0335. The lowest BCUT2D eigenvalue weighted by molar-refractivity contribution is -0.156. The number of esters is 1. The van der Waals surface area contributed by atoms with Crippen molar-refractivity contribution < 1.29 is 19.1 Å². The fourth-order valence-electron chi connectivity index (χ4n) is 2.54. The lowest BCUT2D eigenvalue weighted by Gasteiger charge is -2.40. The largest absolute Gasteiger partial charge is 0.460 e. The molecular formula is C16H29NO4. The number of carbonyl (C=O) groups excluding carboxylic acids is 2. The molecule has 1 heterocycles. The van der Waals surface area contributed by atoms with E-state index in [1.807, 2.05) is 0 Å². The topological polar surface area (TPSA) is 64.6 Å². The van der Waals surface area contributed by atoms with Gasteiger partial charge < -0.3 is 14.8 Å². The van der Waals surface area contributed by atoms with Gasteiger partial charge in [0, 0.05) is 19.0 Å². The summed E-state index contributed by atoms with van der Waals surface area (Å²) in [7, 11) is 0. The molecule has 0 saturated carbocycles. The molecule has 0 radical (unpaired) electrons. The molecule has 1 rings (SSSR count). The van der Waals surface area contributed by atoms with E-state index < -0.39 is 11.6 Å². The summed E-state index contributed by atoms with van der Waals surface area (Å²) in [6.45, 7) is 13.0. The van der Waals surface area contributed by atoms with Gasteiger partial charge in [0.1, 0.15) is 17.8 Å². The van der Waals surface area contributed by atoms with Gasteiger partial charge in [0.25, 0.3) is 0 Å². The Morgan fingerprint density at radius 3 is 2.33 bits per heavy atom. The molecule has 1 saturated heterocycles. The number of morpholine rings is 1. The Balaban J connectivity index is 2.54. The first-order valence-corrected chi connectivity index (χ1v) is 7.57. The highest BCUT2D eigenvalue weighted by Gasteiger charge is 2.36. The van der Waals surface area contributed by atoms with Crippen molar-refractivity contribution in [2.75, 3.05) is 13.2 Å². The molecule has 1 aliphatic heterocycles. The third-order valence-electron chi connectivity index (χ3n) is 3.23. The van der Waals surface area contributed by atoms with Crippen LogP contribution < -0.4 is 5.32 Å². The highest BCUT2D eigenvalue weighted by Crippen LogP contribution is 2.28. The highest BCUT2D eigenvalue weighted by molar-refractivity contribution is 5.95. The maximum Gasteiger partial charge on any atom is 0.313 e. The van der Waals surface area contributed by atoms with E-state index in [2.05, 4.69) is 26.1 Å². The average Bonchev–Trinajstić information content (AvgIpc) is 2.24. The first-order chi connectivity index (χ1) is 9.49. The number of ketones is 1. The van der Waals surface area contributed by atoms with Crippen molar-refractivity contribution in [3.63, 3.8) is 0 Å².